The average Bonchev–Trinajstić information content (AvgIpc) is 4.10. The molecule has 3 atom stereocenters. The van der Waals surface area contributed by atoms with Crippen LogP contribution in [0, 0.1) is 11.6 Å². The number of amides is 2. The maximum atomic E-state index is 14.9. The highest BCUT2D eigenvalue weighted by Crippen LogP contribution is 2.38. The van der Waals surface area contributed by atoms with Crippen LogP contribution in [0.15, 0.2) is 104 Å². The molecule has 0 aliphatic carbocycles. The van der Waals surface area contributed by atoms with Crippen LogP contribution < -0.4 is 19.4 Å². The van der Waals surface area contributed by atoms with Gasteiger partial charge in [0.15, 0.2) is 12.0 Å². The number of carbonyl (C=O) groups is 1. The third-order valence-electron chi connectivity index (χ3n) is 11.7. The van der Waals surface area contributed by atoms with Gasteiger partial charge in [0.25, 0.3) is 0 Å². The molecule has 8 rings (SSSR count). The van der Waals surface area contributed by atoms with Crippen molar-refractivity contribution in [3.63, 3.8) is 0 Å². The van der Waals surface area contributed by atoms with Crippen LogP contribution >= 0.6 is 0 Å². The summed E-state index contributed by atoms with van der Waals surface area (Å²) >= 11 is 0. The second-order valence-electron chi connectivity index (χ2n) is 16.6. The average molecular weight is 855 g/mol. The highest BCUT2D eigenvalue weighted by Gasteiger charge is 2.50. The van der Waals surface area contributed by atoms with E-state index in [9.17, 15) is 18.7 Å². The predicted molar refractivity (Wildman–Crippen MR) is 235 cm³/mol. The summed E-state index contributed by atoms with van der Waals surface area (Å²) < 4.78 is 50.5. The molecule has 0 saturated carbocycles. The number of ether oxygens (including phenoxy) is 3. The Morgan fingerprint density at radius 3 is 2.15 bits per heavy atom. The number of carbonyl (C=O) groups excluding carboxylic acids is 1. The standard InChI is InChI=1S/C40H49F2N7O5.C7H11N/c1-4-5-6-17-40(51)25-48(38(50)49(40)29(2)3)33-10-8-31(9-11-33)45-18-20-46(21-19-45)32-12-14-34(15-13-32)52-23-37-53-26-39(54-37,24-47-28-43-27-44-47)35-16-7-30(41)22-36(35)42;1-2-5-8-6-3-4-7-8/h7-16,22,27-29,37,51H,4-6,17-21,23-26H2,1-3H3;3-4,6-7H,2,5H2,1H3/t37-,39+,40?;/m0./s1. The zero-order valence-electron chi connectivity index (χ0n) is 36.3. The van der Waals surface area contributed by atoms with Crippen molar-refractivity contribution in [3.8, 4) is 5.75 Å². The van der Waals surface area contributed by atoms with Gasteiger partial charge in [0.2, 0.25) is 0 Å². The quantitative estimate of drug-likeness (QED) is 0.0986. The van der Waals surface area contributed by atoms with Crippen molar-refractivity contribution in [2.45, 2.75) is 96.5 Å². The molecule has 3 fully saturated rings. The Morgan fingerprint density at radius 2 is 1.55 bits per heavy atom. The molecule has 3 saturated heterocycles. The lowest BCUT2D eigenvalue weighted by Crippen LogP contribution is -2.50. The lowest BCUT2D eigenvalue weighted by atomic mass is 9.94. The lowest BCUT2D eigenvalue weighted by molar-refractivity contribution is -0.117. The summed E-state index contributed by atoms with van der Waals surface area (Å²) in [6.45, 7) is 13.2. The zero-order valence-corrected chi connectivity index (χ0v) is 36.3. The van der Waals surface area contributed by atoms with E-state index in [0.29, 0.717) is 12.2 Å². The number of hydrogen-bond donors (Lipinski definition) is 1. The van der Waals surface area contributed by atoms with Crippen molar-refractivity contribution in [1.82, 2.24) is 24.2 Å². The van der Waals surface area contributed by atoms with Crippen LogP contribution in [0.5, 0.6) is 5.75 Å². The van der Waals surface area contributed by atoms with Crippen LogP contribution in [0.3, 0.4) is 0 Å². The largest absolute Gasteiger partial charge is 0.488 e. The molecule has 2 aromatic heterocycles. The summed E-state index contributed by atoms with van der Waals surface area (Å²) in [5, 5.41) is 15.7. The minimum absolute atomic E-state index is 0.0250. The van der Waals surface area contributed by atoms with Crippen LogP contribution in [-0.2, 0) is 28.2 Å². The molecule has 5 aromatic rings. The van der Waals surface area contributed by atoms with E-state index in [-0.39, 0.29) is 43.9 Å². The van der Waals surface area contributed by atoms with Gasteiger partial charge in [-0.3, -0.25) is 9.80 Å². The summed E-state index contributed by atoms with van der Waals surface area (Å²) in [4.78, 5) is 25.4. The molecule has 1 unspecified atom stereocenters. The van der Waals surface area contributed by atoms with Crippen molar-refractivity contribution in [1.29, 1.82) is 0 Å². The summed E-state index contributed by atoms with van der Waals surface area (Å²) in [5.74, 6) is -0.764. The van der Waals surface area contributed by atoms with E-state index in [1.807, 2.05) is 50.2 Å². The number of piperazine rings is 1. The second-order valence-corrected chi connectivity index (χ2v) is 16.6. The number of anilines is 3. The molecule has 13 nitrogen and oxygen atoms in total. The highest BCUT2D eigenvalue weighted by atomic mass is 19.1. The number of aromatic nitrogens is 4. The second kappa shape index (κ2) is 20.1. The van der Waals surface area contributed by atoms with Crippen molar-refractivity contribution < 1.29 is 32.9 Å². The number of aliphatic hydroxyl groups is 1. The van der Waals surface area contributed by atoms with Gasteiger partial charge in [-0.1, -0.05) is 32.8 Å². The summed E-state index contributed by atoms with van der Waals surface area (Å²) in [6.07, 6.45) is 11.0. The number of unbranched alkanes of at least 4 members (excludes halogenated alkanes) is 2. The van der Waals surface area contributed by atoms with Crippen molar-refractivity contribution in [2.24, 2.45) is 0 Å². The number of urea groups is 1. The van der Waals surface area contributed by atoms with Gasteiger partial charge in [-0.15, -0.1) is 0 Å². The van der Waals surface area contributed by atoms with Gasteiger partial charge in [0.05, 0.1) is 19.7 Å². The normalized spacial score (nSPS) is 21.5. The minimum Gasteiger partial charge on any atom is -0.488 e. The molecule has 0 radical (unpaired) electrons. The maximum Gasteiger partial charge on any atom is 0.327 e. The molecule has 0 bridgehead atoms. The van der Waals surface area contributed by atoms with Gasteiger partial charge >= 0.3 is 6.03 Å². The third kappa shape index (κ3) is 10.4. The van der Waals surface area contributed by atoms with E-state index in [2.05, 4.69) is 75.0 Å². The summed E-state index contributed by atoms with van der Waals surface area (Å²) in [6, 6.07) is 23.2. The molecular weight excluding hydrogens is 795 g/mol. The molecular formula is C47H60F2N8O5. The monoisotopic (exact) mass is 854 g/mol. The number of nitrogens with zero attached hydrogens (tertiary/aromatic N) is 8. The van der Waals surface area contributed by atoms with E-state index in [1.54, 1.807) is 9.80 Å². The van der Waals surface area contributed by atoms with Gasteiger partial charge in [-0.25, -0.2) is 23.2 Å². The Morgan fingerprint density at radius 1 is 0.887 bits per heavy atom. The van der Waals surface area contributed by atoms with Crippen LogP contribution in [0.1, 0.15) is 65.4 Å². The third-order valence-corrected chi connectivity index (χ3v) is 11.7. The highest BCUT2D eigenvalue weighted by molar-refractivity contribution is 5.95. The SMILES string of the molecule is CCCCCC1(O)CN(c2ccc(N3CCN(c4ccc(OC[C@H]5OC[C@](Cn6cncn6)(c6ccc(F)cc6F)O5)cc4)CC3)cc2)C(=O)N1C(C)C.CCCn1cccc1. The molecule has 3 aliphatic heterocycles. The van der Waals surface area contributed by atoms with E-state index >= 15 is 0 Å². The number of rotatable bonds is 16. The van der Waals surface area contributed by atoms with Crippen LogP contribution in [0.2, 0.25) is 0 Å². The molecule has 0 spiro atoms. The van der Waals surface area contributed by atoms with Crippen LogP contribution in [-0.4, -0.2) is 99.4 Å². The van der Waals surface area contributed by atoms with Gasteiger partial charge in [0.1, 0.15) is 42.2 Å². The Bertz CT molecular complexity index is 2150. The molecule has 5 heterocycles. The Labute approximate surface area is 363 Å². The Hall–Kier alpha value is -5.51. The zero-order chi connectivity index (χ0) is 43.7. The van der Waals surface area contributed by atoms with Gasteiger partial charge in [-0.05, 0) is 99.8 Å². The predicted octanol–water partition coefficient (Wildman–Crippen LogP) is 8.05. The molecule has 3 aromatic carbocycles. The molecule has 1 N–H and O–H groups in total. The van der Waals surface area contributed by atoms with E-state index in [0.717, 1.165) is 75.1 Å². The maximum absolute atomic E-state index is 14.9. The number of β-amino-alcohol motifs (C(OH)–C–C–N with tert-alkyl or cyclic N) is 1. The van der Waals surface area contributed by atoms with Crippen molar-refractivity contribution in [3.05, 3.63) is 121 Å². The molecule has 2 amide bonds. The number of aryl methyl sites for hydroxylation is 1. The Balaban J connectivity index is 0.000000650. The summed E-state index contributed by atoms with van der Waals surface area (Å²) in [5.41, 5.74) is 0.734. The first-order chi connectivity index (χ1) is 30.0. The summed E-state index contributed by atoms with van der Waals surface area (Å²) in [7, 11) is 0. The molecule has 3 aliphatic rings. The first-order valence-corrected chi connectivity index (χ1v) is 21.8. The fourth-order valence-corrected chi connectivity index (χ4v) is 8.60. The number of hydrogen-bond acceptors (Lipinski definition) is 9. The molecule has 62 heavy (non-hydrogen) atoms. The number of halogens is 2. The fourth-order valence-electron chi connectivity index (χ4n) is 8.60. The first-order valence-electron chi connectivity index (χ1n) is 21.8. The smallest absolute Gasteiger partial charge is 0.327 e. The topological polar surface area (TPSA) is 114 Å². The number of benzene rings is 3. The van der Waals surface area contributed by atoms with E-state index in [1.165, 1.54) is 35.9 Å². The molecule has 332 valence electrons. The Kier molecular flexibility index (Phi) is 14.5. The van der Waals surface area contributed by atoms with Crippen molar-refractivity contribution >= 4 is 23.1 Å². The van der Waals surface area contributed by atoms with Gasteiger partial charge < -0.3 is 33.7 Å². The van der Waals surface area contributed by atoms with Crippen molar-refractivity contribution in [2.75, 3.05) is 60.6 Å². The van der Waals surface area contributed by atoms with Gasteiger partial charge in [-0.2, -0.15) is 5.10 Å². The van der Waals surface area contributed by atoms with E-state index < -0.39 is 29.3 Å². The fraction of sp³-hybridized carbons (Fsp3) is 0.468. The lowest BCUT2D eigenvalue weighted by Gasteiger charge is -2.37. The first kappa shape index (κ1) is 44.5. The molecule has 15 heteroatoms. The van der Waals surface area contributed by atoms with Crippen LogP contribution in [0.25, 0.3) is 0 Å². The minimum atomic E-state index is -1.24. The van der Waals surface area contributed by atoms with Crippen LogP contribution in [0.4, 0.5) is 30.6 Å². The van der Waals surface area contributed by atoms with Gasteiger partial charge in [0, 0.05) is 79.9 Å². The van der Waals surface area contributed by atoms with E-state index in [4.69, 9.17) is 14.2 Å².